The standard InChI is InChI=1S/C22H18FN3O2S/c1-26-13-19(17-4-2-3-5-20(17)23)18-12-15(8-11-21(18)26)25-29-16-9-6-14(7-10-16)22(27)24-28/h2-13,25,28H,1H3,(H,24,27). The molecule has 1 aromatic heterocycles. The fourth-order valence-corrected chi connectivity index (χ4v) is 3.84. The predicted octanol–water partition coefficient (Wildman–Crippen LogP) is 5.22. The Labute approximate surface area is 171 Å². The van der Waals surface area contributed by atoms with Crippen LogP contribution >= 0.6 is 11.9 Å². The lowest BCUT2D eigenvalue weighted by molar-refractivity contribution is 0.0706. The van der Waals surface area contributed by atoms with Crippen molar-refractivity contribution >= 4 is 34.4 Å². The van der Waals surface area contributed by atoms with Crippen LogP contribution in [0.15, 0.2) is 77.8 Å². The van der Waals surface area contributed by atoms with Crippen molar-refractivity contribution in [2.45, 2.75) is 4.90 Å². The summed E-state index contributed by atoms with van der Waals surface area (Å²) in [6.07, 6.45) is 1.94. The summed E-state index contributed by atoms with van der Waals surface area (Å²) in [5, 5.41) is 9.63. The Kier molecular flexibility index (Phi) is 5.24. The first-order valence-corrected chi connectivity index (χ1v) is 9.70. The van der Waals surface area contributed by atoms with Crippen molar-refractivity contribution in [2.24, 2.45) is 7.05 Å². The highest BCUT2D eigenvalue weighted by Crippen LogP contribution is 2.34. The molecule has 0 aliphatic carbocycles. The van der Waals surface area contributed by atoms with Crippen molar-refractivity contribution < 1.29 is 14.4 Å². The van der Waals surface area contributed by atoms with E-state index in [-0.39, 0.29) is 5.82 Å². The number of anilines is 1. The van der Waals surface area contributed by atoms with E-state index in [0.29, 0.717) is 11.1 Å². The molecule has 146 valence electrons. The molecule has 29 heavy (non-hydrogen) atoms. The number of hydrogen-bond donors (Lipinski definition) is 3. The highest BCUT2D eigenvalue weighted by Gasteiger charge is 2.13. The average molecular weight is 407 g/mol. The maximum atomic E-state index is 14.3. The summed E-state index contributed by atoms with van der Waals surface area (Å²) in [4.78, 5) is 12.3. The number of halogens is 1. The van der Waals surface area contributed by atoms with E-state index in [1.807, 2.05) is 42.1 Å². The summed E-state index contributed by atoms with van der Waals surface area (Å²) in [6.45, 7) is 0. The van der Waals surface area contributed by atoms with Crippen molar-refractivity contribution in [3.63, 3.8) is 0 Å². The van der Waals surface area contributed by atoms with Crippen molar-refractivity contribution in [2.75, 3.05) is 4.72 Å². The second kappa shape index (κ2) is 7.98. The monoisotopic (exact) mass is 407 g/mol. The number of hydroxylamine groups is 1. The molecule has 7 heteroatoms. The lowest BCUT2D eigenvalue weighted by Crippen LogP contribution is -2.18. The minimum absolute atomic E-state index is 0.250. The SMILES string of the molecule is Cn1cc(-c2ccccc2F)c2cc(NSc3ccc(C(=O)NO)cc3)ccc21. The van der Waals surface area contributed by atoms with Gasteiger partial charge in [-0.15, -0.1) is 0 Å². The van der Waals surface area contributed by atoms with Gasteiger partial charge in [-0.1, -0.05) is 18.2 Å². The lowest BCUT2D eigenvalue weighted by Gasteiger charge is -2.08. The van der Waals surface area contributed by atoms with Gasteiger partial charge < -0.3 is 9.29 Å². The third-order valence-electron chi connectivity index (χ3n) is 4.66. The summed E-state index contributed by atoms with van der Waals surface area (Å²) < 4.78 is 19.6. The van der Waals surface area contributed by atoms with Gasteiger partial charge in [-0.05, 0) is 60.5 Å². The molecule has 1 heterocycles. The van der Waals surface area contributed by atoms with Gasteiger partial charge >= 0.3 is 0 Å². The fourth-order valence-electron chi connectivity index (χ4n) is 3.21. The number of fused-ring (bicyclic) bond motifs is 1. The van der Waals surface area contributed by atoms with E-state index in [2.05, 4.69) is 4.72 Å². The number of hydrogen-bond acceptors (Lipinski definition) is 4. The van der Waals surface area contributed by atoms with E-state index in [9.17, 15) is 9.18 Å². The maximum absolute atomic E-state index is 14.3. The first-order chi connectivity index (χ1) is 14.1. The van der Waals surface area contributed by atoms with Crippen molar-refractivity contribution in [3.05, 3.63) is 84.3 Å². The molecule has 0 fully saturated rings. The summed E-state index contributed by atoms with van der Waals surface area (Å²) in [7, 11) is 1.94. The molecule has 0 saturated heterocycles. The predicted molar refractivity (Wildman–Crippen MR) is 113 cm³/mol. The number of nitrogens with one attached hydrogen (secondary N) is 2. The third kappa shape index (κ3) is 3.83. The molecule has 0 spiro atoms. The molecular weight excluding hydrogens is 389 g/mol. The number of rotatable bonds is 5. The van der Waals surface area contributed by atoms with Crippen molar-refractivity contribution in [1.29, 1.82) is 0 Å². The number of amides is 1. The number of nitrogens with zero attached hydrogens (tertiary/aromatic N) is 1. The van der Waals surface area contributed by atoms with E-state index in [4.69, 9.17) is 5.21 Å². The van der Waals surface area contributed by atoms with Gasteiger partial charge in [-0.3, -0.25) is 10.0 Å². The van der Waals surface area contributed by atoms with Gasteiger partial charge in [-0.2, -0.15) is 0 Å². The van der Waals surface area contributed by atoms with Crippen molar-refractivity contribution in [1.82, 2.24) is 10.0 Å². The number of carbonyl (C=O) groups excluding carboxylic acids is 1. The van der Waals surface area contributed by atoms with Gasteiger partial charge in [0.15, 0.2) is 0 Å². The number of aromatic nitrogens is 1. The Balaban J connectivity index is 1.60. The van der Waals surface area contributed by atoms with E-state index >= 15 is 0 Å². The van der Waals surface area contributed by atoms with Gasteiger partial charge in [0, 0.05) is 51.4 Å². The highest BCUT2D eigenvalue weighted by atomic mass is 32.2. The molecule has 3 aromatic carbocycles. The first-order valence-electron chi connectivity index (χ1n) is 8.88. The summed E-state index contributed by atoms with van der Waals surface area (Å²) in [5.41, 5.74) is 5.28. The van der Waals surface area contributed by atoms with Gasteiger partial charge in [-0.25, -0.2) is 9.87 Å². The quantitative estimate of drug-likeness (QED) is 0.241. The Morgan fingerprint density at radius 1 is 1.03 bits per heavy atom. The molecule has 0 unspecified atom stereocenters. The average Bonchev–Trinajstić information content (AvgIpc) is 3.08. The number of aryl methyl sites for hydroxylation is 1. The van der Waals surface area contributed by atoms with Crippen LogP contribution in [-0.2, 0) is 7.05 Å². The molecule has 0 saturated carbocycles. The second-order valence-corrected chi connectivity index (χ2v) is 7.41. The van der Waals surface area contributed by atoms with Gasteiger partial charge in [0.2, 0.25) is 0 Å². The first kappa shape index (κ1) is 19.0. The Hall–Kier alpha value is -3.29. The van der Waals surface area contributed by atoms with Crippen LogP contribution in [0.4, 0.5) is 10.1 Å². The zero-order valence-corrected chi connectivity index (χ0v) is 16.3. The van der Waals surface area contributed by atoms with Crippen LogP contribution in [0.3, 0.4) is 0 Å². The van der Waals surface area contributed by atoms with E-state index in [1.54, 1.807) is 41.9 Å². The largest absolute Gasteiger partial charge is 0.350 e. The topological polar surface area (TPSA) is 66.3 Å². The van der Waals surface area contributed by atoms with E-state index < -0.39 is 5.91 Å². The van der Waals surface area contributed by atoms with Gasteiger partial charge in [0.05, 0.1) is 0 Å². The zero-order valence-electron chi connectivity index (χ0n) is 15.5. The normalized spacial score (nSPS) is 10.9. The van der Waals surface area contributed by atoms with Crippen LogP contribution in [0, 0.1) is 5.82 Å². The van der Waals surface area contributed by atoms with E-state index in [1.165, 1.54) is 18.0 Å². The number of benzene rings is 3. The summed E-state index contributed by atoms with van der Waals surface area (Å²) in [6, 6.07) is 19.6. The highest BCUT2D eigenvalue weighted by molar-refractivity contribution is 8.00. The summed E-state index contributed by atoms with van der Waals surface area (Å²) in [5.74, 6) is -0.801. The Morgan fingerprint density at radius 2 is 1.79 bits per heavy atom. The van der Waals surface area contributed by atoms with Crippen LogP contribution in [0.1, 0.15) is 10.4 Å². The molecular formula is C22H18FN3O2S. The second-order valence-electron chi connectivity index (χ2n) is 6.53. The molecule has 4 rings (SSSR count). The molecule has 0 aliphatic rings. The van der Waals surface area contributed by atoms with Crippen LogP contribution in [0.25, 0.3) is 22.0 Å². The van der Waals surface area contributed by atoms with Crippen LogP contribution in [0.2, 0.25) is 0 Å². The third-order valence-corrected chi connectivity index (χ3v) is 5.50. The van der Waals surface area contributed by atoms with Crippen LogP contribution < -0.4 is 10.2 Å². The van der Waals surface area contributed by atoms with E-state index in [0.717, 1.165) is 27.0 Å². The molecule has 0 aliphatic heterocycles. The molecule has 0 atom stereocenters. The van der Waals surface area contributed by atoms with Crippen LogP contribution in [-0.4, -0.2) is 15.7 Å². The Bertz CT molecular complexity index is 1190. The smallest absolute Gasteiger partial charge is 0.274 e. The molecule has 3 N–H and O–H groups in total. The summed E-state index contributed by atoms with van der Waals surface area (Å²) >= 11 is 1.40. The molecule has 4 aromatic rings. The maximum Gasteiger partial charge on any atom is 0.274 e. The minimum Gasteiger partial charge on any atom is -0.350 e. The van der Waals surface area contributed by atoms with Crippen LogP contribution in [0.5, 0.6) is 0 Å². The molecule has 0 bridgehead atoms. The lowest BCUT2D eigenvalue weighted by atomic mass is 10.0. The Morgan fingerprint density at radius 3 is 2.52 bits per heavy atom. The molecule has 1 amide bonds. The zero-order chi connectivity index (χ0) is 20.4. The van der Waals surface area contributed by atoms with Gasteiger partial charge in [0.25, 0.3) is 5.91 Å². The van der Waals surface area contributed by atoms with Gasteiger partial charge in [0.1, 0.15) is 5.82 Å². The molecule has 0 radical (unpaired) electrons. The minimum atomic E-state index is -0.551. The number of carbonyl (C=O) groups is 1. The van der Waals surface area contributed by atoms with Crippen molar-refractivity contribution in [3.8, 4) is 11.1 Å². The molecule has 5 nitrogen and oxygen atoms in total. The fraction of sp³-hybridized carbons (Fsp3) is 0.0455.